The fourth-order valence-electron chi connectivity index (χ4n) is 3.64. The van der Waals surface area contributed by atoms with Crippen molar-refractivity contribution in [2.75, 3.05) is 19.7 Å². The number of ether oxygens (including phenoxy) is 1. The lowest BCUT2D eigenvalue weighted by molar-refractivity contribution is -0.126. The molecule has 1 aromatic heterocycles. The van der Waals surface area contributed by atoms with Crippen molar-refractivity contribution in [2.24, 2.45) is 5.92 Å². The Morgan fingerprint density at radius 1 is 1.25 bits per heavy atom. The number of benzene rings is 1. The van der Waals surface area contributed by atoms with Gasteiger partial charge in [0.05, 0.1) is 23.9 Å². The Hall–Kier alpha value is -2.83. The smallest absolute Gasteiger partial charge is 0.409 e. The van der Waals surface area contributed by atoms with Crippen molar-refractivity contribution in [1.82, 2.24) is 20.0 Å². The number of carbonyl (C=O) groups excluding carboxylic acids is 2. The number of aromatic nitrogens is 2. The van der Waals surface area contributed by atoms with Gasteiger partial charge in [-0.3, -0.25) is 4.79 Å². The minimum atomic E-state index is -0.337. The second-order valence-corrected chi connectivity index (χ2v) is 7.10. The number of rotatable bonds is 5. The lowest BCUT2D eigenvalue weighted by Gasteiger charge is -2.31. The van der Waals surface area contributed by atoms with Crippen molar-refractivity contribution in [3.8, 4) is 5.69 Å². The van der Waals surface area contributed by atoms with Crippen LogP contribution in [0.15, 0.2) is 30.3 Å². The average molecular weight is 384 g/mol. The van der Waals surface area contributed by atoms with Crippen LogP contribution in [0.1, 0.15) is 36.7 Å². The molecule has 28 heavy (non-hydrogen) atoms. The second-order valence-electron chi connectivity index (χ2n) is 7.10. The van der Waals surface area contributed by atoms with Gasteiger partial charge in [0.2, 0.25) is 5.91 Å². The van der Waals surface area contributed by atoms with E-state index < -0.39 is 0 Å². The normalized spacial score (nSPS) is 16.7. The average Bonchev–Trinajstić information content (AvgIpc) is 3.00. The highest BCUT2D eigenvalue weighted by molar-refractivity contribution is 5.80. The van der Waals surface area contributed by atoms with Crippen LogP contribution in [0.3, 0.4) is 0 Å². The molecule has 150 valence electrons. The molecule has 7 heteroatoms. The van der Waals surface area contributed by atoms with Crippen LogP contribution >= 0.6 is 0 Å². The van der Waals surface area contributed by atoms with E-state index in [1.54, 1.807) is 11.8 Å². The highest BCUT2D eigenvalue weighted by atomic mass is 16.6. The molecule has 0 spiro atoms. The van der Waals surface area contributed by atoms with Crippen LogP contribution < -0.4 is 5.32 Å². The molecule has 0 radical (unpaired) electrons. The number of nitrogens with zero attached hydrogens (tertiary/aromatic N) is 3. The van der Waals surface area contributed by atoms with Gasteiger partial charge in [0.1, 0.15) is 0 Å². The van der Waals surface area contributed by atoms with Crippen LogP contribution in [0.25, 0.3) is 5.69 Å². The minimum absolute atomic E-state index is 0.0275. The van der Waals surface area contributed by atoms with Gasteiger partial charge in [0, 0.05) is 30.9 Å². The molecule has 0 aliphatic carbocycles. The van der Waals surface area contributed by atoms with E-state index in [0.29, 0.717) is 26.2 Å². The zero-order valence-corrected chi connectivity index (χ0v) is 16.8. The molecule has 2 heterocycles. The van der Waals surface area contributed by atoms with Gasteiger partial charge in [-0.1, -0.05) is 18.2 Å². The first-order valence-electron chi connectivity index (χ1n) is 9.81. The minimum Gasteiger partial charge on any atom is -0.450 e. The zero-order valence-electron chi connectivity index (χ0n) is 16.8. The summed E-state index contributed by atoms with van der Waals surface area (Å²) in [6.07, 6.45) is 1.25. The van der Waals surface area contributed by atoms with E-state index in [4.69, 9.17) is 4.74 Å². The second kappa shape index (κ2) is 8.91. The van der Waals surface area contributed by atoms with E-state index >= 15 is 0 Å². The molecule has 0 saturated carbocycles. The lowest BCUT2D eigenvalue weighted by atomic mass is 9.97. The molecular weight excluding hydrogens is 356 g/mol. The fraction of sp³-hybridized carbons (Fsp3) is 0.476. The van der Waals surface area contributed by atoms with Crippen molar-refractivity contribution in [2.45, 2.75) is 40.2 Å². The molecule has 2 aromatic rings. The summed E-state index contributed by atoms with van der Waals surface area (Å²) < 4.78 is 6.96. The van der Waals surface area contributed by atoms with Crippen LogP contribution in [0.4, 0.5) is 4.79 Å². The van der Waals surface area contributed by atoms with Gasteiger partial charge in [-0.05, 0) is 45.7 Å². The first-order chi connectivity index (χ1) is 13.5. The highest BCUT2D eigenvalue weighted by Crippen LogP contribution is 2.20. The zero-order chi connectivity index (χ0) is 20.1. The van der Waals surface area contributed by atoms with Crippen molar-refractivity contribution in [3.63, 3.8) is 0 Å². The summed E-state index contributed by atoms with van der Waals surface area (Å²) in [6.45, 7) is 7.58. The summed E-state index contributed by atoms with van der Waals surface area (Å²) in [5.41, 5.74) is 3.94. The van der Waals surface area contributed by atoms with Crippen LogP contribution in [0.5, 0.6) is 0 Å². The number of hydrogen-bond acceptors (Lipinski definition) is 4. The lowest BCUT2D eigenvalue weighted by Crippen LogP contribution is -2.45. The molecule has 1 aliphatic heterocycles. The summed E-state index contributed by atoms with van der Waals surface area (Å²) in [7, 11) is 0. The SMILES string of the molecule is CCOC(=O)N1CCCC(C(=O)NCc2c(C)nn(-c3ccccc3)c2C)C1. The highest BCUT2D eigenvalue weighted by Gasteiger charge is 2.29. The molecule has 1 aromatic carbocycles. The number of piperidine rings is 1. The monoisotopic (exact) mass is 384 g/mol. The predicted octanol–water partition coefficient (Wildman–Crippen LogP) is 2.97. The van der Waals surface area contributed by atoms with E-state index in [2.05, 4.69) is 10.4 Å². The fourth-order valence-corrected chi connectivity index (χ4v) is 3.64. The first kappa shape index (κ1) is 19.9. The van der Waals surface area contributed by atoms with E-state index in [1.165, 1.54) is 0 Å². The first-order valence-corrected chi connectivity index (χ1v) is 9.81. The molecule has 7 nitrogen and oxygen atoms in total. The molecule has 1 N–H and O–H groups in total. The van der Waals surface area contributed by atoms with E-state index in [1.807, 2.05) is 48.9 Å². The Morgan fingerprint density at radius 2 is 2.00 bits per heavy atom. The van der Waals surface area contributed by atoms with E-state index in [9.17, 15) is 9.59 Å². The van der Waals surface area contributed by atoms with Gasteiger partial charge in [0.25, 0.3) is 0 Å². The van der Waals surface area contributed by atoms with Crippen molar-refractivity contribution >= 4 is 12.0 Å². The van der Waals surface area contributed by atoms with Crippen LogP contribution in [0.2, 0.25) is 0 Å². The number of para-hydroxylation sites is 1. The molecule has 1 atom stereocenters. The van der Waals surface area contributed by atoms with Gasteiger partial charge in [-0.2, -0.15) is 5.10 Å². The maximum atomic E-state index is 12.7. The van der Waals surface area contributed by atoms with E-state index in [-0.39, 0.29) is 17.9 Å². The summed E-state index contributed by atoms with van der Waals surface area (Å²) in [6, 6.07) is 9.94. The Morgan fingerprint density at radius 3 is 2.71 bits per heavy atom. The van der Waals surface area contributed by atoms with Crippen LogP contribution in [-0.2, 0) is 16.1 Å². The third kappa shape index (κ3) is 4.35. The summed E-state index contributed by atoms with van der Waals surface area (Å²) >= 11 is 0. The largest absolute Gasteiger partial charge is 0.450 e. The number of aryl methyl sites for hydroxylation is 1. The molecule has 0 bridgehead atoms. The van der Waals surface area contributed by atoms with Gasteiger partial charge in [-0.25, -0.2) is 9.48 Å². The number of likely N-dealkylation sites (tertiary alicyclic amines) is 1. The quantitative estimate of drug-likeness (QED) is 0.860. The maximum absolute atomic E-state index is 12.7. The molecule has 2 amide bonds. The maximum Gasteiger partial charge on any atom is 0.409 e. The molecule has 1 fully saturated rings. The van der Waals surface area contributed by atoms with E-state index in [0.717, 1.165) is 35.5 Å². The van der Waals surface area contributed by atoms with Gasteiger partial charge in [0.15, 0.2) is 0 Å². The molecule has 1 unspecified atom stereocenters. The van der Waals surface area contributed by atoms with Crippen molar-refractivity contribution in [1.29, 1.82) is 0 Å². The standard InChI is InChI=1S/C21H28N4O3/c1-4-28-21(27)24-12-8-9-17(14-24)20(26)22-13-19-15(2)23-25(16(19)3)18-10-6-5-7-11-18/h5-7,10-11,17H,4,8-9,12-14H2,1-3H3,(H,22,26). The van der Waals surface area contributed by atoms with Crippen LogP contribution in [0, 0.1) is 19.8 Å². The van der Waals surface area contributed by atoms with Gasteiger partial charge >= 0.3 is 6.09 Å². The van der Waals surface area contributed by atoms with Gasteiger partial charge < -0.3 is 15.0 Å². The Kier molecular flexibility index (Phi) is 6.34. The Labute approximate surface area is 165 Å². The van der Waals surface area contributed by atoms with Crippen molar-refractivity contribution in [3.05, 3.63) is 47.3 Å². The van der Waals surface area contributed by atoms with Crippen molar-refractivity contribution < 1.29 is 14.3 Å². The molecule has 1 saturated heterocycles. The third-order valence-electron chi connectivity index (χ3n) is 5.20. The summed E-state index contributed by atoms with van der Waals surface area (Å²) in [4.78, 5) is 26.2. The number of hydrogen-bond donors (Lipinski definition) is 1. The number of amides is 2. The summed E-state index contributed by atoms with van der Waals surface area (Å²) in [5, 5.41) is 7.66. The number of nitrogens with one attached hydrogen (secondary N) is 1. The molecular formula is C21H28N4O3. The Balaban J connectivity index is 1.63. The van der Waals surface area contributed by atoms with Gasteiger partial charge in [-0.15, -0.1) is 0 Å². The third-order valence-corrected chi connectivity index (χ3v) is 5.20. The molecule has 1 aliphatic rings. The predicted molar refractivity (Wildman–Crippen MR) is 106 cm³/mol. The topological polar surface area (TPSA) is 76.5 Å². The molecule has 3 rings (SSSR count). The Bertz CT molecular complexity index is 832. The summed E-state index contributed by atoms with van der Waals surface area (Å²) in [5.74, 6) is -0.233. The number of carbonyl (C=O) groups is 2. The van der Waals surface area contributed by atoms with Crippen LogP contribution in [-0.4, -0.2) is 46.4 Å².